The minimum atomic E-state index is -0.748. The van der Waals surface area contributed by atoms with Crippen LogP contribution in [0, 0.1) is 10.1 Å². The number of nitrogens with zero attached hydrogens (tertiary/aromatic N) is 1. The van der Waals surface area contributed by atoms with Gasteiger partial charge in [-0.15, -0.1) is 0 Å². The number of carbonyl (C=O) groups excluding carboxylic acids is 1. The first-order valence-electron chi connectivity index (χ1n) is 7.31. The molecule has 0 radical (unpaired) electrons. The summed E-state index contributed by atoms with van der Waals surface area (Å²) in [7, 11) is 0. The predicted molar refractivity (Wildman–Crippen MR) is 97.5 cm³/mol. The first kappa shape index (κ1) is 18.8. The molecule has 0 aliphatic rings. The molecule has 0 spiro atoms. The van der Waals surface area contributed by atoms with Gasteiger partial charge in [-0.3, -0.25) is 15.4 Å². The van der Waals surface area contributed by atoms with Crippen molar-refractivity contribution in [1.29, 1.82) is 0 Å². The summed E-state index contributed by atoms with van der Waals surface area (Å²) in [5.41, 5.74) is 1.08. The Kier molecular flexibility index (Phi) is 6.44. The summed E-state index contributed by atoms with van der Waals surface area (Å²) >= 11 is 12.0. The van der Waals surface area contributed by atoms with Crippen LogP contribution in [0.15, 0.2) is 36.4 Å². The molecule has 0 unspecified atom stereocenters. The van der Waals surface area contributed by atoms with E-state index in [1.807, 2.05) is 0 Å². The SMILES string of the molecule is CCOC(=O)Nc1ccc(CNc2cccc(Cl)c2Cl)cc1[N+](=O)[O-]. The molecule has 0 heterocycles. The van der Waals surface area contributed by atoms with Gasteiger partial charge >= 0.3 is 6.09 Å². The second kappa shape index (κ2) is 8.55. The molecule has 0 fully saturated rings. The minimum absolute atomic E-state index is 0.0630. The molecule has 0 atom stereocenters. The van der Waals surface area contributed by atoms with Gasteiger partial charge in [0.05, 0.1) is 27.3 Å². The third-order valence-corrected chi connectivity index (χ3v) is 4.02. The standard InChI is InChI=1S/C16H15Cl2N3O4/c1-2-25-16(22)20-12-7-6-10(8-14(12)21(23)24)9-19-13-5-3-4-11(17)15(13)18/h3-8,19H,2,9H2,1H3,(H,20,22). The fraction of sp³-hybridized carbons (Fsp3) is 0.188. The van der Waals surface area contributed by atoms with Crippen molar-refractivity contribution < 1.29 is 14.5 Å². The summed E-state index contributed by atoms with van der Waals surface area (Å²) < 4.78 is 4.73. The third kappa shape index (κ3) is 4.98. The van der Waals surface area contributed by atoms with Gasteiger partial charge in [0.15, 0.2) is 0 Å². The normalized spacial score (nSPS) is 10.2. The summed E-state index contributed by atoms with van der Waals surface area (Å²) in [4.78, 5) is 22.1. The molecule has 0 saturated heterocycles. The van der Waals surface area contributed by atoms with E-state index in [2.05, 4.69) is 10.6 Å². The summed E-state index contributed by atoms with van der Waals surface area (Å²) in [5.74, 6) is 0. The quantitative estimate of drug-likeness (QED) is 0.535. The van der Waals surface area contributed by atoms with E-state index in [9.17, 15) is 14.9 Å². The van der Waals surface area contributed by atoms with E-state index >= 15 is 0 Å². The molecule has 2 N–H and O–H groups in total. The van der Waals surface area contributed by atoms with Crippen LogP contribution in [-0.4, -0.2) is 17.6 Å². The molecule has 0 aliphatic carbocycles. The average molecular weight is 384 g/mol. The number of nitrogens with one attached hydrogen (secondary N) is 2. The Morgan fingerprint density at radius 3 is 2.68 bits per heavy atom. The molecule has 1 amide bonds. The number of rotatable bonds is 6. The van der Waals surface area contributed by atoms with Crippen molar-refractivity contribution in [3.05, 3.63) is 62.1 Å². The lowest BCUT2D eigenvalue weighted by Crippen LogP contribution is -2.14. The lowest BCUT2D eigenvalue weighted by molar-refractivity contribution is -0.384. The van der Waals surface area contributed by atoms with Gasteiger partial charge < -0.3 is 10.1 Å². The van der Waals surface area contributed by atoms with Gasteiger partial charge in [-0.05, 0) is 30.7 Å². The molecule has 25 heavy (non-hydrogen) atoms. The number of benzene rings is 2. The first-order chi connectivity index (χ1) is 11.9. The maximum absolute atomic E-state index is 11.5. The van der Waals surface area contributed by atoms with E-state index in [1.165, 1.54) is 12.1 Å². The number of anilines is 2. The Hall–Kier alpha value is -2.51. The number of amides is 1. The average Bonchev–Trinajstić information content (AvgIpc) is 2.57. The highest BCUT2D eigenvalue weighted by molar-refractivity contribution is 6.43. The van der Waals surface area contributed by atoms with Crippen molar-refractivity contribution in [1.82, 2.24) is 0 Å². The summed E-state index contributed by atoms with van der Waals surface area (Å²) in [6.45, 7) is 2.10. The van der Waals surface area contributed by atoms with E-state index in [0.29, 0.717) is 27.8 Å². The number of nitro groups is 1. The van der Waals surface area contributed by atoms with Crippen molar-refractivity contribution in [3.8, 4) is 0 Å². The maximum atomic E-state index is 11.5. The molecule has 0 bridgehead atoms. The van der Waals surface area contributed by atoms with Crippen LogP contribution < -0.4 is 10.6 Å². The lowest BCUT2D eigenvalue weighted by Gasteiger charge is -2.11. The topological polar surface area (TPSA) is 93.5 Å². The Balaban J connectivity index is 2.17. The minimum Gasteiger partial charge on any atom is -0.450 e. The van der Waals surface area contributed by atoms with Crippen molar-refractivity contribution in [2.24, 2.45) is 0 Å². The Morgan fingerprint density at radius 1 is 1.24 bits per heavy atom. The van der Waals surface area contributed by atoms with Gasteiger partial charge in [0.1, 0.15) is 5.69 Å². The number of hydrogen-bond donors (Lipinski definition) is 2. The van der Waals surface area contributed by atoms with Gasteiger partial charge in [-0.2, -0.15) is 0 Å². The van der Waals surface area contributed by atoms with Crippen LogP contribution in [0.5, 0.6) is 0 Å². The molecule has 0 aliphatic heterocycles. The number of halogens is 2. The Morgan fingerprint density at radius 2 is 2.00 bits per heavy atom. The van der Waals surface area contributed by atoms with Crippen LogP contribution in [0.2, 0.25) is 10.0 Å². The number of hydrogen-bond acceptors (Lipinski definition) is 5. The molecule has 7 nitrogen and oxygen atoms in total. The van der Waals surface area contributed by atoms with E-state index in [-0.39, 0.29) is 18.0 Å². The highest BCUT2D eigenvalue weighted by Crippen LogP contribution is 2.31. The predicted octanol–water partition coefficient (Wildman–Crippen LogP) is 5.08. The van der Waals surface area contributed by atoms with E-state index < -0.39 is 11.0 Å². The van der Waals surface area contributed by atoms with Gasteiger partial charge in [0, 0.05) is 12.6 Å². The Bertz CT molecular complexity index is 799. The molecule has 0 saturated carbocycles. The largest absolute Gasteiger partial charge is 0.450 e. The summed E-state index contributed by atoms with van der Waals surface area (Å²) in [6, 6.07) is 9.62. The number of ether oxygens (including phenoxy) is 1. The number of nitro benzene ring substituents is 1. The second-order valence-corrected chi connectivity index (χ2v) is 5.69. The van der Waals surface area contributed by atoms with Crippen molar-refractivity contribution >= 4 is 46.4 Å². The Labute approximate surface area is 154 Å². The molecule has 2 aromatic carbocycles. The molecule has 2 aromatic rings. The monoisotopic (exact) mass is 383 g/mol. The van der Waals surface area contributed by atoms with Gasteiger partial charge in [0.25, 0.3) is 5.69 Å². The van der Waals surface area contributed by atoms with Crippen molar-refractivity contribution in [3.63, 3.8) is 0 Å². The molecule has 9 heteroatoms. The van der Waals surface area contributed by atoms with Gasteiger partial charge in [-0.25, -0.2) is 4.79 Å². The molecule has 0 aromatic heterocycles. The second-order valence-electron chi connectivity index (χ2n) is 4.91. The molecular formula is C16H15Cl2N3O4. The fourth-order valence-corrected chi connectivity index (χ4v) is 2.43. The van der Waals surface area contributed by atoms with Crippen molar-refractivity contribution in [2.45, 2.75) is 13.5 Å². The van der Waals surface area contributed by atoms with Crippen LogP contribution in [0.1, 0.15) is 12.5 Å². The summed E-state index contributed by atoms with van der Waals surface area (Å²) in [6.07, 6.45) is -0.748. The van der Waals surface area contributed by atoms with E-state index in [1.54, 1.807) is 31.2 Å². The maximum Gasteiger partial charge on any atom is 0.411 e. The lowest BCUT2D eigenvalue weighted by atomic mass is 10.1. The zero-order valence-corrected chi connectivity index (χ0v) is 14.7. The highest BCUT2D eigenvalue weighted by atomic mass is 35.5. The van der Waals surface area contributed by atoms with Crippen LogP contribution in [0.3, 0.4) is 0 Å². The fourth-order valence-electron chi connectivity index (χ4n) is 2.06. The summed E-state index contributed by atoms with van der Waals surface area (Å²) in [5, 5.41) is 17.4. The van der Waals surface area contributed by atoms with Gasteiger partial charge in [0.2, 0.25) is 0 Å². The van der Waals surface area contributed by atoms with Crippen LogP contribution in [-0.2, 0) is 11.3 Å². The molecule has 2 rings (SSSR count). The number of carbonyl (C=O) groups is 1. The van der Waals surface area contributed by atoms with Crippen molar-refractivity contribution in [2.75, 3.05) is 17.2 Å². The molecule has 132 valence electrons. The zero-order valence-electron chi connectivity index (χ0n) is 13.2. The van der Waals surface area contributed by atoms with Gasteiger partial charge in [-0.1, -0.05) is 35.3 Å². The van der Waals surface area contributed by atoms with E-state index in [4.69, 9.17) is 27.9 Å². The first-order valence-corrected chi connectivity index (χ1v) is 8.07. The smallest absolute Gasteiger partial charge is 0.411 e. The highest BCUT2D eigenvalue weighted by Gasteiger charge is 2.17. The van der Waals surface area contributed by atoms with E-state index in [0.717, 1.165) is 0 Å². The van der Waals surface area contributed by atoms with Crippen LogP contribution in [0.25, 0.3) is 0 Å². The zero-order chi connectivity index (χ0) is 18.4. The van der Waals surface area contributed by atoms with Crippen LogP contribution >= 0.6 is 23.2 Å². The molecular weight excluding hydrogens is 369 g/mol. The van der Waals surface area contributed by atoms with Crippen LogP contribution in [0.4, 0.5) is 21.9 Å². The third-order valence-electron chi connectivity index (χ3n) is 3.21.